The Morgan fingerprint density at radius 2 is 1.80 bits per heavy atom. The molecule has 0 bridgehead atoms. The fourth-order valence-electron chi connectivity index (χ4n) is 4.39. The van der Waals surface area contributed by atoms with Crippen LogP contribution in [0.3, 0.4) is 0 Å². The molecule has 2 aliphatic heterocycles. The van der Waals surface area contributed by atoms with E-state index < -0.39 is 9.84 Å². The number of benzene rings is 1. The lowest BCUT2D eigenvalue weighted by atomic mass is 9.85. The maximum Gasteiger partial charge on any atom is 0.226 e. The lowest BCUT2D eigenvalue weighted by Crippen LogP contribution is -2.26. The third-order valence-corrected chi connectivity index (χ3v) is 7.52. The van der Waals surface area contributed by atoms with Crippen molar-refractivity contribution >= 4 is 21.6 Å². The molecule has 2 aliphatic rings. The number of aryl methyl sites for hydroxylation is 1. The summed E-state index contributed by atoms with van der Waals surface area (Å²) < 4.78 is 42.0. The molecule has 162 valence electrons. The molecule has 1 aromatic heterocycles. The number of carbonyl (C=O) groups excluding carboxylic acids is 1. The number of nitrogens with zero attached hydrogens (tertiary/aromatic N) is 2. The van der Waals surface area contributed by atoms with Crippen LogP contribution in [0.5, 0.6) is 17.2 Å². The van der Waals surface area contributed by atoms with Crippen molar-refractivity contribution in [3.8, 4) is 17.2 Å². The third kappa shape index (κ3) is 3.38. The molecular formula is C20H25N3O6S. The molecule has 2 aromatic rings. The standard InChI is InChI=1S/C20H25N3O6S/c1-11-18-14(12-7-15(27-2)19(29-4)16(8-12)28-3)9-17(24)21-20(18)23(22-11)13-5-6-30(25,26)10-13/h7-8,13-14H,5-6,9-10H2,1-4H3,(H,21,24). The molecule has 0 saturated carbocycles. The van der Waals surface area contributed by atoms with Crippen molar-refractivity contribution < 1.29 is 27.4 Å². The van der Waals surface area contributed by atoms with Gasteiger partial charge in [-0.15, -0.1) is 0 Å². The monoisotopic (exact) mass is 435 g/mol. The van der Waals surface area contributed by atoms with E-state index in [1.807, 2.05) is 19.1 Å². The molecule has 0 radical (unpaired) electrons. The van der Waals surface area contributed by atoms with Crippen LogP contribution in [0.2, 0.25) is 0 Å². The number of fused-ring (bicyclic) bond motifs is 1. The number of nitrogens with one attached hydrogen (secondary N) is 1. The van der Waals surface area contributed by atoms with Gasteiger partial charge in [-0.3, -0.25) is 4.79 Å². The Bertz CT molecular complexity index is 1080. The van der Waals surface area contributed by atoms with Crippen LogP contribution in [-0.2, 0) is 14.6 Å². The molecule has 10 heteroatoms. The highest BCUT2D eigenvalue weighted by atomic mass is 32.2. The molecular weight excluding hydrogens is 410 g/mol. The zero-order valence-corrected chi connectivity index (χ0v) is 18.2. The van der Waals surface area contributed by atoms with Crippen LogP contribution < -0.4 is 19.5 Å². The topological polar surface area (TPSA) is 109 Å². The first-order chi connectivity index (χ1) is 14.3. The van der Waals surface area contributed by atoms with Gasteiger partial charge in [0, 0.05) is 17.9 Å². The Morgan fingerprint density at radius 3 is 2.33 bits per heavy atom. The highest BCUT2D eigenvalue weighted by molar-refractivity contribution is 7.91. The predicted octanol–water partition coefficient (Wildman–Crippen LogP) is 2.05. The van der Waals surface area contributed by atoms with Crippen molar-refractivity contribution in [2.45, 2.75) is 31.7 Å². The van der Waals surface area contributed by atoms with Gasteiger partial charge in [-0.05, 0) is 31.0 Å². The first-order valence-electron chi connectivity index (χ1n) is 9.67. The first kappa shape index (κ1) is 20.5. The van der Waals surface area contributed by atoms with Gasteiger partial charge in [0.1, 0.15) is 5.82 Å². The van der Waals surface area contributed by atoms with Gasteiger partial charge >= 0.3 is 0 Å². The zero-order chi connectivity index (χ0) is 21.6. The summed E-state index contributed by atoms with van der Waals surface area (Å²) in [6, 6.07) is 3.40. The minimum atomic E-state index is -3.09. The molecule has 2 unspecified atom stereocenters. The number of anilines is 1. The summed E-state index contributed by atoms with van der Waals surface area (Å²) in [4.78, 5) is 12.6. The smallest absolute Gasteiger partial charge is 0.226 e. The number of ether oxygens (including phenoxy) is 3. The average Bonchev–Trinajstić information content (AvgIpc) is 3.24. The molecule has 3 heterocycles. The maximum absolute atomic E-state index is 12.6. The molecule has 2 atom stereocenters. The Morgan fingerprint density at radius 1 is 1.13 bits per heavy atom. The van der Waals surface area contributed by atoms with E-state index in [-0.39, 0.29) is 35.8 Å². The molecule has 1 aromatic carbocycles. The zero-order valence-electron chi connectivity index (χ0n) is 17.4. The van der Waals surface area contributed by atoms with Gasteiger partial charge in [0.15, 0.2) is 21.3 Å². The highest BCUT2D eigenvalue weighted by Crippen LogP contribution is 2.46. The van der Waals surface area contributed by atoms with E-state index >= 15 is 0 Å². The quantitative estimate of drug-likeness (QED) is 0.766. The molecule has 1 saturated heterocycles. The van der Waals surface area contributed by atoms with Crippen molar-refractivity contribution in [2.24, 2.45) is 0 Å². The van der Waals surface area contributed by atoms with Crippen LogP contribution in [0.1, 0.15) is 41.6 Å². The number of sulfone groups is 1. The number of hydrogen-bond donors (Lipinski definition) is 1. The minimum absolute atomic E-state index is 0.0330. The summed E-state index contributed by atoms with van der Waals surface area (Å²) in [7, 11) is 1.54. The van der Waals surface area contributed by atoms with Crippen LogP contribution in [0.4, 0.5) is 5.82 Å². The molecule has 0 aliphatic carbocycles. The number of methoxy groups -OCH3 is 3. The maximum atomic E-state index is 12.6. The predicted molar refractivity (Wildman–Crippen MR) is 110 cm³/mol. The molecule has 1 fully saturated rings. The molecule has 0 spiro atoms. The van der Waals surface area contributed by atoms with Crippen LogP contribution >= 0.6 is 0 Å². The van der Waals surface area contributed by atoms with E-state index in [9.17, 15) is 13.2 Å². The van der Waals surface area contributed by atoms with Gasteiger partial charge in [-0.2, -0.15) is 5.10 Å². The number of amides is 1. The second kappa shape index (κ2) is 7.50. The van der Waals surface area contributed by atoms with Crippen LogP contribution in [0.25, 0.3) is 0 Å². The number of aromatic nitrogens is 2. The van der Waals surface area contributed by atoms with Crippen LogP contribution in [0.15, 0.2) is 12.1 Å². The van der Waals surface area contributed by atoms with Gasteiger partial charge in [0.05, 0.1) is 44.6 Å². The van der Waals surface area contributed by atoms with Gasteiger partial charge < -0.3 is 19.5 Å². The summed E-state index contributed by atoms with van der Waals surface area (Å²) in [5.41, 5.74) is 2.48. The lowest BCUT2D eigenvalue weighted by molar-refractivity contribution is -0.116. The summed E-state index contributed by atoms with van der Waals surface area (Å²) in [6.07, 6.45) is 0.724. The summed E-state index contributed by atoms with van der Waals surface area (Å²) in [6.45, 7) is 1.88. The molecule has 1 N–H and O–H groups in total. The van der Waals surface area contributed by atoms with E-state index in [1.54, 1.807) is 18.9 Å². The fraction of sp³-hybridized carbons (Fsp3) is 0.500. The third-order valence-electron chi connectivity index (χ3n) is 5.77. The second-order valence-electron chi connectivity index (χ2n) is 7.61. The molecule has 4 rings (SSSR count). The number of carbonyl (C=O) groups is 1. The van der Waals surface area contributed by atoms with E-state index in [4.69, 9.17) is 14.2 Å². The van der Waals surface area contributed by atoms with Gasteiger partial charge in [0.25, 0.3) is 0 Å². The summed E-state index contributed by atoms with van der Waals surface area (Å²) >= 11 is 0. The molecule has 1 amide bonds. The fourth-order valence-corrected chi connectivity index (χ4v) is 6.08. The molecule has 30 heavy (non-hydrogen) atoms. The number of hydrogen-bond acceptors (Lipinski definition) is 7. The van der Waals surface area contributed by atoms with Crippen molar-refractivity contribution in [1.82, 2.24) is 9.78 Å². The summed E-state index contributed by atoms with van der Waals surface area (Å²) in [5.74, 6) is 1.81. The van der Waals surface area contributed by atoms with Crippen molar-refractivity contribution in [1.29, 1.82) is 0 Å². The Hall–Kier alpha value is -2.75. The van der Waals surface area contributed by atoms with Crippen molar-refractivity contribution in [2.75, 3.05) is 38.2 Å². The van der Waals surface area contributed by atoms with Gasteiger partial charge in [0.2, 0.25) is 11.7 Å². The van der Waals surface area contributed by atoms with E-state index in [0.717, 1.165) is 16.8 Å². The Balaban J connectivity index is 1.83. The first-order valence-corrected chi connectivity index (χ1v) is 11.5. The Labute approximate surface area is 175 Å². The normalized spacial score (nSPS) is 22.3. The van der Waals surface area contributed by atoms with Crippen molar-refractivity contribution in [3.63, 3.8) is 0 Å². The van der Waals surface area contributed by atoms with Crippen LogP contribution in [-0.4, -0.2) is 56.9 Å². The average molecular weight is 436 g/mol. The van der Waals surface area contributed by atoms with Gasteiger partial charge in [-0.25, -0.2) is 13.1 Å². The van der Waals surface area contributed by atoms with E-state index in [2.05, 4.69) is 10.4 Å². The van der Waals surface area contributed by atoms with Crippen LogP contribution in [0, 0.1) is 6.92 Å². The van der Waals surface area contributed by atoms with E-state index in [1.165, 1.54) is 7.11 Å². The largest absolute Gasteiger partial charge is 0.493 e. The SMILES string of the molecule is COc1cc(C2CC(=O)Nc3c2c(C)nn3C2CCS(=O)(=O)C2)cc(OC)c1OC. The number of rotatable bonds is 5. The lowest BCUT2D eigenvalue weighted by Gasteiger charge is -2.26. The highest BCUT2D eigenvalue weighted by Gasteiger charge is 2.37. The summed E-state index contributed by atoms with van der Waals surface area (Å²) in [5, 5.41) is 7.53. The van der Waals surface area contributed by atoms with Gasteiger partial charge in [-0.1, -0.05) is 0 Å². The van der Waals surface area contributed by atoms with E-state index in [0.29, 0.717) is 29.5 Å². The second-order valence-corrected chi connectivity index (χ2v) is 9.84. The minimum Gasteiger partial charge on any atom is -0.493 e. The van der Waals surface area contributed by atoms with Crippen molar-refractivity contribution in [3.05, 3.63) is 29.0 Å². The molecule has 9 nitrogen and oxygen atoms in total. The Kier molecular flexibility index (Phi) is 5.13.